The molecule has 4 N–H and O–H groups in total. The molecule has 0 unspecified atom stereocenters. The molecule has 2 heteroatoms. The zero-order valence-corrected chi connectivity index (χ0v) is 5.62. The Kier molecular flexibility index (Phi) is 1.95. The van der Waals surface area contributed by atoms with Crippen molar-refractivity contribution in [3.63, 3.8) is 0 Å². The molecule has 1 rings (SSSR count). The molecule has 2 nitrogen and oxygen atoms in total. The topological polar surface area (TPSA) is 52.0 Å². The van der Waals surface area contributed by atoms with E-state index in [9.17, 15) is 0 Å². The highest BCUT2D eigenvalue weighted by atomic mass is 14.5. The molecule has 0 aliphatic rings. The third-order valence-corrected chi connectivity index (χ3v) is 1.23. The lowest BCUT2D eigenvalue weighted by Crippen LogP contribution is -1.83. The van der Waals surface area contributed by atoms with Crippen LogP contribution in [-0.2, 0) is 0 Å². The van der Waals surface area contributed by atoms with Crippen molar-refractivity contribution >= 4 is 11.8 Å². The first-order valence-electron chi connectivity index (χ1n) is 3.07. The molecule has 1 aromatic rings. The summed E-state index contributed by atoms with van der Waals surface area (Å²) >= 11 is 0. The van der Waals surface area contributed by atoms with E-state index in [2.05, 4.69) is 0 Å². The van der Waals surface area contributed by atoms with Crippen LogP contribution >= 0.6 is 0 Å². The van der Waals surface area contributed by atoms with E-state index in [0.29, 0.717) is 0 Å². The second kappa shape index (κ2) is 2.92. The fourth-order valence-corrected chi connectivity index (χ4v) is 0.718. The molecule has 0 saturated heterocycles. The lowest BCUT2D eigenvalue weighted by atomic mass is 10.2. The Morgan fingerprint density at radius 1 is 1.10 bits per heavy atom. The zero-order valence-electron chi connectivity index (χ0n) is 5.62. The summed E-state index contributed by atoms with van der Waals surface area (Å²) in [5, 5.41) is 0. The van der Waals surface area contributed by atoms with Crippen LogP contribution in [0.5, 0.6) is 0 Å². The van der Waals surface area contributed by atoms with Crippen LogP contribution < -0.4 is 11.5 Å². The third-order valence-electron chi connectivity index (χ3n) is 1.23. The summed E-state index contributed by atoms with van der Waals surface area (Å²) in [6.45, 7) is 0. The average molecular weight is 134 g/mol. The molecular weight excluding hydrogens is 124 g/mol. The Labute approximate surface area is 60.2 Å². The van der Waals surface area contributed by atoms with Gasteiger partial charge in [0, 0.05) is 5.69 Å². The Morgan fingerprint density at radius 2 is 1.70 bits per heavy atom. The second-order valence-corrected chi connectivity index (χ2v) is 2.03. The Bertz CT molecular complexity index is 224. The maximum atomic E-state index is 5.47. The number of nitrogens with two attached hydrogens (primary N) is 2. The smallest absolute Gasteiger partial charge is 0.0314 e. The molecule has 0 heterocycles. The van der Waals surface area contributed by atoms with Crippen molar-refractivity contribution in [2.75, 3.05) is 5.73 Å². The number of hydrogen-bond donors (Lipinski definition) is 2. The fraction of sp³-hybridized carbons (Fsp3) is 0. The number of anilines is 1. The van der Waals surface area contributed by atoms with E-state index in [4.69, 9.17) is 11.5 Å². The molecule has 0 atom stereocenters. The normalized spacial score (nSPS) is 10.4. The van der Waals surface area contributed by atoms with Crippen molar-refractivity contribution in [1.82, 2.24) is 0 Å². The van der Waals surface area contributed by atoms with Gasteiger partial charge >= 0.3 is 0 Å². The van der Waals surface area contributed by atoms with E-state index in [1.807, 2.05) is 30.3 Å². The molecule has 52 valence electrons. The van der Waals surface area contributed by atoms with E-state index in [1.165, 1.54) is 6.20 Å². The molecular formula is C8H10N2. The van der Waals surface area contributed by atoms with Crippen LogP contribution in [0.2, 0.25) is 0 Å². The van der Waals surface area contributed by atoms with Crippen LogP contribution in [0, 0.1) is 0 Å². The first-order valence-corrected chi connectivity index (χ1v) is 3.07. The van der Waals surface area contributed by atoms with E-state index in [0.717, 1.165) is 11.3 Å². The molecule has 0 aromatic heterocycles. The molecule has 0 aliphatic heterocycles. The molecule has 0 fully saturated rings. The lowest BCUT2D eigenvalue weighted by molar-refractivity contribution is 1.59. The van der Waals surface area contributed by atoms with Crippen LogP contribution in [0.25, 0.3) is 6.08 Å². The molecule has 0 radical (unpaired) electrons. The summed E-state index contributed by atoms with van der Waals surface area (Å²) in [6.07, 6.45) is 3.32. The van der Waals surface area contributed by atoms with Gasteiger partial charge in [-0.25, -0.2) is 0 Å². The Balaban J connectivity index is 2.89. The van der Waals surface area contributed by atoms with E-state index in [-0.39, 0.29) is 0 Å². The van der Waals surface area contributed by atoms with Gasteiger partial charge in [0.2, 0.25) is 0 Å². The van der Waals surface area contributed by atoms with Crippen LogP contribution in [0.15, 0.2) is 30.5 Å². The van der Waals surface area contributed by atoms with E-state index in [1.54, 1.807) is 0 Å². The third kappa shape index (κ3) is 1.52. The van der Waals surface area contributed by atoms with Crippen LogP contribution in [-0.4, -0.2) is 0 Å². The largest absolute Gasteiger partial charge is 0.405 e. The van der Waals surface area contributed by atoms with Gasteiger partial charge in [-0.15, -0.1) is 0 Å². The fourth-order valence-electron chi connectivity index (χ4n) is 0.718. The highest BCUT2D eigenvalue weighted by Gasteiger charge is 1.83. The number of hydrogen-bond acceptors (Lipinski definition) is 2. The van der Waals surface area contributed by atoms with Gasteiger partial charge in [-0.2, -0.15) is 0 Å². The second-order valence-electron chi connectivity index (χ2n) is 2.03. The Hall–Kier alpha value is -1.44. The first-order chi connectivity index (χ1) is 4.83. The zero-order chi connectivity index (χ0) is 7.40. The first kappa shape index (κ1) is 6.68. The molecule has 0 amide bonds. The number of nitrogen functional groups attached to an aromatic ring is 1. The van der Waals surface area contributed by atoms with Gasteiger partial charge < -0.3 is 11.5 Å². The van der Waals surface area contributed by atoms with Crippen LogP contribution in [0.1, 0.15) is 5.56 Å². The number of benzene rings is 1. The van der Waals surface area contributed by atoms with Crippen molar-refractivity contribution in [3.8, 4) is 0 Å². The highest BCUT2D eigenvalue weighted by molar-refractivity contribution is 5.52. The van der Waals surface area contributed by atoms with E-state index < -0.39 is 0 Å². The van der Waals surface area contributed by atoms with Gasteiger partial charge in [-0.1, -0.05) is 12.1 Å². The molecule has 0 bridgehead atoms. The van der Waals surface area contributed by atoms with Gasteiger partial charge in [0.25, 0.3) is 0 Å². The summed E-state index contributed by atoms with van der Waals surface area (Å²) in [4.78, 5) is 0. The minimum absolute atomic E-state index is 0.772. The summed E-state index contributed by atoms with van der Waals surface area (Å²) in [5.41, 5.74) is 12.5. The summed E-state index contributed by atoms with van der Waals surface area (Å²) < 4.78 is 0. The average Bonchev–Trinajstić information content (AvgIpc) is 1.95. The molecule has 0 spiro atoms. The number of rotatable bonds is 1. The predicted molar refractivity (Wildman–Crippen MR) is 44.1 cm³/mol. The molecule has 0 saturated carbocycles. The molecule has 10 heavy (non-hydrogen) atoms. The SMILES string of the molecule is NC=Cc1ccc(N)cc1. The van der Waals surface area contributed by atoms with Gasteiger partial charge in [0.1, 0.15) is 0 Å². The van der Waals surface area contributed by atoms with Crippen molar-refractivity contribution in [3.05, 3.63) is 36.0 Å². The van der Waals surface area contributed by atoms with Crippen LogP contribution in [0.3, 0.4) is 0 Å². The Morgan fingerprint density at radius 3 is 2.20 bits per heavy atom. The quantitative estimate of drug-likeness (QED) is 0.567. The summed E-state index contributed by atoms with van der Waals surface area (Å²) in [7, 11) is 0. The minimum atomic E-state index is 0.772. The highest BCUT2D eigenvalue weighted by Crippen LogP contribution is 2.05. The maximum Gasteiger partial charge on any atom is 0.0314 e. The summed E-state index contributed by atoms with van der Waals surface area (Å²) in [5.74, 6) is 0. The monoisotopic (exact) mass is 134 g/mol. The summed E-state index contributed by atoms with van der Waals surface area (Å²) in [6, 6.07) is 7.52. The lowest BCUT2D eigenvalue weighted by Gasteiger charge is -1.92. The van der Waals surface area contributed by atoms with E-state index >= 15 is 0 Å². The van der Waals surface area contributed by atoms with Crippen molar-refractivity contribution in [2.24, 2.45) is 5.73 Å². The maximum absolute atomic E-state index is 5.47. The van der Waals surface area contributed by atoms with Crippen molar-refractivity contribution < 1.29 is 0 Å². The van der Waals surface area contributed by atoms with Gasteiger partial charge in [0.15, 0.2) is 0 Å². The van der Waals surface area contributed by atoms with Gasteiger partial charge in [0.05, 0.1) is 0 Å². The van der Waals surface area contributed by atoms with Gasteiger partial charge in [-0.05, 0) is 30.0 Å². The van der Waals surface area contributed by atoms with Crippen molar-refractivity contribution in [1.29, 1.82) is 0 Å². The van der Waals surface area contributed by atoms with Crippen LogP contribution in [0.4, 0.5) is 5.69 Å². The molecule has 0 aliphatic carbocycles. The predicted octanol–water partition coefficient (Wildman–Crippen LogP) is 1.20. The minimum Gasteiger partial charge on any atom is -0.405 e. The van der Waals surface area contributed by atoms with Gasteiger partial charge in [-0.3, -0.25) is 0 Å². The van der Waals surface area contributed by atoms with Crippen molar-refractivity contribution in [2.45, 2.75) is 0 Å². The standard InChI is InChI=1S/C8H10N2/c9-6-5-7-1-3-8(10)4-2-7/h1-6H,9-10H2. The molecule has 1 aromatic carbocycles.